The van der Waals surface area contributed by atoms with Gasteiger partial charge in [-0.3, -0.25) is 4.90 Å². The van der Waals surface area contributed by atoms with E-state index in [1.807, 2.05) is 29.8 Å². The minimum Gasteiger partial charge on any atom is -0.326 e. The lowest BCUT2D eigenvalue weighted by Gasteiger charge is -2.38. The van der Waals surface area contributed by atoms with Crippen LogP contribution in [0.4, 0.5) is 10.2 Å². The molecule has 0 aliphatic carbocycles. The molecule has 198 valence electrons. The van der Waals surface area contributed by atoms with E-state index in [1.54, 1.807) is 6.20 Å². The number of hydrogen-bond donors (Lipinski definition) is 1. The Kier molecular flexibility index (Phi) is 7.28. The Morgan fingerprint density at radius 3 is 2.58 bits per heavy atom. The highest BCUT2D eigenvalue weighted by molar-refractivity contribution is 6.00. The molecule has 8 nitrogen and oxygen atoms in total. The van der Waals surface area contributed by atoms with Gasteiger partial charge in [-0.2, -0.15) is 0 Å². The molecule has 2 aliphatic heterocycles. The van der Waals surface area contributed by atoms with Gasteiger partial charge >= 0.3 is 0 Å². The van der Waals surface area contributed by atoms with Gasteiger partial charge in [-0.15, -0.1) is 6.42 Å². The first-order valence-corrected chi connectivity index (χ1v) is 13.2. The third kappa shape index (κ3) is 5.06. The van der Waals surface area contributed by atoms with Crippen molar-refractivity contribution in [2.24, 2.45) is 9.98 Å². The monoisotopic (exact) mass is 514 g/mol. The largest absolute Gasteiger partial charge is 0.326 e. The third-order valence-electron chi connectivity index (χ3n) is 7.55. The van der Waals surface area contributed by atoms with Crippen LogP contribution in [0.2, 0.25) is 0 Å². The molecule has 2 aromatic heterocycles. The summed E-state index contributed by atoms with van der Waals surface area (Å²) in [5.74, 6) is 4.13. The van der Waals surface area contributed by atoms with E-state index in [-0.39, 0.29) is 17.9 Å². The van der Waals surface area contributed by atoms with Crippen molar-refractivity contribution in [2.75, 3.05) is 39.0 Å². The lowest BCUT2D eigenvalue weighted by Crippen LogP contribution is -2.48. The summed E-state index contributed by atoms with van der Waals surface area (Å²) in [5, 5.41) is 3.21. The summed E-state index contributed by atoms with van der Waals surface area (Å²) in [6, 6.07) is 6.25. The Morgan fingerprint density at radius 2 is 1.95 bits per heavy atom. The van der Waals surface area contributed by atoms with E-state index in [2.05, 4.69) is 68.9 Å². The normalized spacial score (nSPS) is 18.8. The van der Waals surface area contributed by atoms with Gasteiger partial charge in [0, 0.05) is 43.1 Å². The number of pyridine rings is 1. The number of nitrogens with one attached hydrogen (secondary N) is 1. The van der Waals surface area contributed by atoms with Gasteiger partial charge in [-0.25, -0.2) is 24.3 Å². The fraction of sp³-hybridized carbons (Fsp3) is 0.448. The highest BCUT2D eigenvalue weighted by Crippen LogP contribution is 2.32. The summed E-state index contributed by atoms with van der Waals surface area (Å²) in [4.78, 5) is 22.9. The minimum absolute atomic E-state index is 0.141. The fourth-order valence-electron chi connectivity index (χ4n) is 5.51. The first kappa shape index (κ1) is 26.0. The molecule has 1 saturated heterocycles. The average Bonchev–Trinajstić information content (AvgIpc) is 3.25. The van der Waals surface area contributed by atoms with Gasteiger partial charge in [0.2, 0.25) is 5.96 Å². The standard InChI is InChI=1S/C29H35FN8/c1-7-20-15-31-27(35-29-32-16-23(17-33-29)37-10-8-22(9-11-37)36(5)6)14-24(20)21-12-25(30)28-26(13-21)38(18(2)3)19(4)34-28/h1,12-16,18,22-23H,8-11,17H2,2-6H3,(H,31,33,35). The van der Waals surface area contributed by atoms with Crippen molar-refractivity contribution in [1.29, 1.82) is 0 Å². The lowest BCUT2D eigenvalue weighted by molar-refractivity contribution is 0.133. The van der Waals surface area contributed by atoms with E-state index in [0.29, 0.717) is 46.6 Å². The molecule has 0 bridgehead atoms. The number of terminal acetylenes is 1. The Balaban J connectivity index is 1.36. The number of piperidine rings is 1. The predicted molar refractivity (Wildman–Crippen MR) is 152 cm³/mol. The number of nitrogens with zero attached hydrogens (tertiary/aromatic N) is 7. The maximum Gasteiger partial charge on any atom is 0.223 e. The number of halogens is 1. The lowest BCUT2D eigenvalue weighted by atomic mass is 10.0. The van der Waals surface area contributed by atoms with E-state index < -0.39 is 0 Å². The van der Waals surface area contributed by atoms with Crippen LogP contribution in [0.25, 0.3) is 22.2 Å². The van der Waals surface area contributed by atoms with Crippen molar-refractivity contribution in [3.8, 4) is 23.5 Å². The Morgan fingerprint density at radius 1 is 1.18 bits per heavy atom. The fourth-order valence-corrected chi connectivity index (χ4v) is 5.51. The number of anilines is 1. The summed E-state index contributed by atoms with van der Waals surface area (Å²) >= 11 is 0. The molecule has 0 radical (unpaired) electrons. The van der Waals surface area contributed by atoms with E-state index in [4.69, 9.17) is 6.42 Å². The number of aromatic nitrogens is 3. The molecule has 1 fully saturated rings. The maximum absolute atomic E-state index is 15.1. The van der Waals surface area contributed by atoms with Crippen molar-refractivity contribution in [2.45, 2.75) is 51.7 Å². The van der Waals surface area contributed by atoms with Crippen molar-refractivity contribution in [3.05, 3.63) is 41.6 Å². The van der Waals surface area contributed by atoms with Crippen molar-refractivity contribution < 1.29 is 4.39 Å². The number of imidazole rings is 1. The summed E-state index contributed by atoms with van der Waals surface area (Å²) in [7, 11) is 4.30. The smallest absolute Gasteiger partial charge is 0.223 e. The molecule has 1 aromatic carbocycles. The van der Waals surface area contributed by atoms with Crippen molar-refractivity contribution in [1.82, 2.24) is 24.3 Å². The van der Waals surface area contributed by atoms with Crippen LogP contribution in [-0.4, -0.2) is 82.3 Å². The molecule has 4 heterocycles. The molecule has 2 aliphatic rings. The van der Waals surface area contributed by atoms with Gasteiger partial charge in [0.05, 0.1) is 23.7 Å². The number of hydrogen-bond acceptors (Lipinski definition) is 7. The molecule has 1 N–H and O–H groups in total. The zero-order valence-electron chi connectivity index (χ0n) is 22.7. The van der Waals surface area contributed by atoms with Crippen LogP contribution in [0.1, 0.15) is 44.1 Å². The van der Waals surface area contributed by atoms with Crippen LogP contribution in [0.3, 0.4) is 0 Å². The van der Waals surface area contributed by atoms with Gasteiger partial charge in [0.1, 0.15) is 17.2 Å². The molecule has 5 rings (SSSR count). The van der Waals surface area contributed by atoms with Crippen LogP contribution in [0, 0.1) is 25.1 Å². The van der Waals surface area contributed by atoms with Gasteiger partial charge in [-0.05, 0) is 71.5 Å². The average molecular weight is 515 g/mol. The molecular formula is C29H35FN8. The van der Waals surface area contributed by atoms with Crippen LogP contribution >= 0.6 is 0 Å². The van der Waals surface area contributed by atoms with Crippen LogP contribution in [0.15, 0.2) is 34.4 Å². The molecule has 0 spiro atoms. The number of likely N-dealkylation sites (tertiary alicyclic amines) is 1. The molecule has 38 heavy (non-hydrogen) atoms. The highest BCUT2D eigenvalue weighted by Gasteiger charge is 2.26. The Hall–Kier alpha value is -3.61. The Labute approximate surface area is 223 Å². The number of aryl methyl sites for hydroxylation is 1. The molecular weight excluding hydrogens is 479 g/mol. The molecule has 3 aromatic rings. The maximum atomic E-state index is 15.1. The van der Waals surface area contributed by atoms with E-state index in [9.17, 15) is 0 Å². The summed E-state index contributed by atoms with van der Waals surface area (Å²) in [6.07, 6.45) is 11.7. The number of aliphatic imine (C=N–C) groups is 2. The second kappa shape index (κ2) is 10.6. The quantitative estimate of drug-likeness (QED) is 0.513. The summed E-state index contributed by atoms with van der Waals surface area (Å²) in [6.45, 7) is 8.75. The van der Waals surface area contributed by atoms with E-state index in [0.717, 1.165) is 37.3 Å². The van der Waals surface area contributed by atoms with Gasteiger partial charge in [-0.1, -0.05) is 5.92 Å². The van der Waals surface area contributed by atoms with Gasteiger partial charge in [0.25, 0.3) is 0 Å². The van der Waals surface area contributed by atoms with E-state index in [1.165, 1.54) is 6.07 Å². The molecule has 9 heteroatoms. The first-order valence-electron chi connectivity index (χ1n) is 13.2. The predicted octanol–water partition coefficient (Wildman–Crippen LogP) is 4.35. The second-order valence-electron chi connectivity index (χ2n) is 10.6. The van der Waals surface area contributed by atoms with Crippen LogP contribution in [0.5, 0.6) is 0 Å². The van der Waals surface area contributed by atoms with Crippen LogP contribution < -0.4 is 5.32 Å². The topological polar surface area (TPSA) is 73.9 Å². The molecule has 1 unspecified atom stereocenters. The van der Waals surface area contributed by atoms with Crippen LogP contribution in [-0.2, 0) is 0 Å². The SMILES string of the molecule is C#Cc1cnc(NC2=NCC(N3CCC(N(C)C)CC3)C=N2)cc1-c1cc(F)c2nc(C)n(C(C)C)c2c1. The van der Waals surface area contributed by atoms with Gasteiger partial charge in [0.15, 0.2) is 5.82 Å². The number of guanidine groups is 1. The Bertz CT molecular complexity index is 1440. The van der Waals surface area contributed by atoms with Crippen molar-refractivity contribution >= 4 is 29.0 Å². The zero-order chi connectivity index (χ0) is 27.0. The third-order valence-corrected chi connectivity index (χ3v) is 7.55. The zero-order valence-corrected chi connectivity index (χ0v) is 22.7. The van der Waals surface area contributed by atoms with E-state index >= 15 is 4.39 Å². The van der Waals surface area contributed by atoms with Gasteiger partial charge < -0.3 is 14.8 Å². The van der Waals surface area contributed by atoms with Crippen molar-refractivity contribution in [3.63, 3.8) is 0 Å². The molecule has 0 saturated carbocycles. The summed E-state index contributed by atoms with van der Waals surface area (Å²) < 4.78 is 17.2. The highest BCUT2D eigenvalue weighted by atomic mass is 19.1. The minimum atomic E-state index is -0.379. The number of rotatable bonds is 5. The number of fused-ring (bicyclic) bond motifs is 1. The first-order chi connectivity index (χ1) is 18.2. The molecule has 0 amide bonds. The second-order valence-corrected chi connectivity index (χ2v) is 10.6. The summed E-state index contributed by atoms with van der Waals surface area (Å²) in [5.41, 5.74) is 3.06. The molecule has 1 atom stereocenters. The number of benzene rings is 1.